The van der Waals surface area contributed by atoms with Crippen LogP contribution in [-0.2, 0) is 24.9 Å². The van der Waals surface area contributed by atoms with Crippen molar-refractivity contribution in [1.29, 1.82) is 0 Å². The van der Waals surface area contributed by atoms with E-state index in [4.69, 9.17) is 0 Å². The zero-order valence-electron chi connectivity index (χ0n) is 10.4. The summed E-state index contributed by atoms with van der Waals surface area (Å²) >= 11 is 1.63. The van der Waals surface area contributed by atoms with Crippen molar-refractivity contribution in [3.63, 3.8) is 0 Å². The number of aromatic nitrogens is 2. The van der Waals surface area contributed by atoms with Crippen LogP contribution in [0.15, 0.2) is 23.8 Å². The van der Waals surface area contributed by atoms with Gasteiger partial charge in [0.05, 0.1) is 11.9 Å². The molecule has 0 aliphatic carbocycles. The third kappa shape index (κ3) is 3.41. The molecule has 0 radical (unpaired) electrons. The lowest BCUT2D eigenvalue weighted by Crippen LogP contribution is -2.13. The largest absolute Gasteiger partial charge is 0.325 e. The van der Waals surface area contributed by atoms with E-state index in [0.717, 1.165) is 29.2 Å². The molecular weight excluding hydrogens is 248 g/mol. The summed E-state index contributed by atoms with van der Waals surface area (Å²) in [6.45, 7) is 3.03. The number of rotatable bonds is 5. The van der Waals surface area contributed by atoms with Crippen LogP contribution in [-0.4, -0.2) is 15.7 Å². The topological polar surface area (TPSA) is 59.0 Å². The summed E-state index contributed by atoms with van der Waals surface area (Å²) in [6.07, 6.45) is 3.83. The highest BCUT2D eigenvalue weighted by Gasteiger charge is 2.05. The second-order valence-corrected chi connectivity index (χ2v) is 5.07. The van der Waals surface area contributed by atoms with Gasteiger partial charge in [0.2, 0.25) is 5.91 Å². The zero-order chi connectivity index (χ0) is 13.0. The molecule has 2 N–H and O–H groups in total. The van der Waals surface area contributed by atoms with E-state index in [0.29, 0.717) is 0 Å². The fourth-order valence-corrected chi connectivity index (χ4v) is 2.46. The Bertz CT molecular complexity index is 532. The number of hydrogen-bond acceptors (Lipinski definition) is 4. The van der Waals surface area contributed by atoms with E-state index in [1.165, 1.54) is 6.92 Å². The van der Waals surface area contributed by atoms with Gasteiger partial charge in [0.25, 0.3) is 0 Å². The van der Waals surface area contributed by atoms with Crippen LogP contribution in [0.1, 0.15) is 17.4 Å². The molecule has 0 unspecified atom stereocenters. The minimum absolute atomic E-state index is 0.0399. The molecule has 0 bridgehead atoms. The van der Waals surface area contributed by atoms with Gasteiger partial charge in [-0.2, -0.15) is 5.10 Å². The summed E-state index contributed by atoms with van der Waals surface area (Å²) in [7, 11) is 1.90. The van der Waals surface area contributed by atoms with Gasteiger partial charge in [-0.05, 0) is 11.4 Å². The van der Waals surface area contributed by atoms with Gasteiger partial charge < -0.3 is 10.6 Å². The van der Waals surface area contributed by atoms with Crippen molar-refractivity contribution in [1.82, 2.24) is 15.1 Å². The summed E-state index contributed by atoms with van der Waals surface area (Å²) in [6, 6.07) is 1.92. The number of carbonyl (C=O) groups excluding carboxylic acids is 1. The van der Waals surface area contributed by atoms with Crippen molar-refractivity contribution in [3.05, 3.63) is 34.3 Å². The highest BCUT2D eigenvalue weighted by Crippen LogP contribution is 2.22. The Balaban J connectivity index is 1.86. The van der Waals surface area contributed by atoms with Crippen molar-refractivity contribution in [3.8, 4) is 0 Å². The van der Waals surface area contributed by atoms with Crippen LogP contribution in [0.2, 0.25) is 0 Å². The van der Waals surface area contributed by atoms with E-state index in [1.807, 2.05) is 30.9 Å². The van der Waals surface area contributed by atoms with Gasteiger partial charge in [0.15, 0.2) is 0 Å². The second kappa shape index (κ2) is 5.79. The Kier molecular flexibility index (Phi) is 4.11. The van der Waals surface area contributed by atoms with Crippen molar-refractivity contribution >= 4 is 22.9 Å². The third-order valence-corrected chi connectivity index (χ3v) is 3.35. The molecule has 0 spiro atoms. The predicted octanol–water partition coefficient (Wildman–Crippen LogP) is 1.73. The lowest BCUT2D eigenvalue weighted by atomic mass is 10.3. The Morgan fingerprint density at radius 2 is 2.33 bits per heavy atom. The highest BCUT2D eigenvalue weighted by atomic mass is 32.1. The molecule has 18 heavy (non-hydrogen) atoms. The number of anilines is 1. The Hall–Kier alpha value is -1.66. The molecule has 2 heterocycles. The molecular formula is C12H16N4OS. The lowest BCUT2D eigenvalue weighted by molar-refractivity contribution is -0.114. The molecule has 0 saturated heterocycles. The quantitative estimate of drug-likeness (QED) is 0.864. The van der Waals surface area contributed by atoms with Crippen molar-refractivity contribution in [2.45, 2.75) is 20.0 Å². The fraction of sp³-hybridized carbons (Fsp3) is 0.333. The summed E-state index contributed by atoms with van der Waals surface area (Å²) in [5.41, 5.74) is 2.04. The van der Waals surface area contributed by atoms with Crippen LogP contribution in [0.25, 0.3) is 0 Å². The third-order valence-electron chi connectivity index (χ3n) is 2.43. The standard InChI is InChI=1S/C12H16N4OS/c1-9(17)15-11-3-4-18-12(11)7-13-5-10-6-14-16(2)8-10/h3-4,6,8,13H,5,7H2,1-2H3,(H,15,17). The van der Waals surface area contributed by atoms with Crippen LogP contribution in [0.5, 0.6) is 0 Å². The first kappa shape index (κ1) is 12.8. The number of amides is 1. The smallest absolute Gasteiger partial charge is 0.221 e. The Morgan fingerprint density at radius 3 is 3.00 bits per heavy atom. The van der Waals surface area contributed by atoms with E-state index in [1.54, 1.807) is 16.0 Å². The van der Waals surface area contributed by atoms with Gasteiger partial charge in [-0.3, -0.25) is 9.48 Å². The normalized spacial score (nSPS) is 10.6. The Morgan fingerprint density at radius 1 is 1.50 bits per heavy atom. The molecule has 2 aromatic rings. The number of nitrogens with zero attached hydrogens (tertiary/aromatic N) is 2. The first-order valence-electron chi connectivity index (χ1n) is 5.67. The van der Waals surface area contributed by atoms with Crippen LogP contribution in [0.3, 0.4) is 0 Å². The molecule has 0 aliphatic heterocycles. The summed E-state index contributed by atoms with van der Waals surface area (Å²) in [4.78, 5) is 12.2. The lowest BCUT2D eigenvalue weighted by Gasteiger charge is -2.05. The minimum atomic E-state index is -0.0399. The molecule has 0 fully saturated rings. The predicted molar refractivity (Wildman–Crippen MR) is 72.4 cm³/mol. The van der Waals surface area contributed by atoms with Gasteiger partial charge in [-0.25, -0.2) is 0 Å². The van der Waals surface area contributed by atoms with Crippen LogP contribution >= 0.6 is 11.3 Å². The number of carbonyl (C=O) groups is 1. The molecule has 1 amide bonds. The number of hydrogen-bond donors (Lipinski definition) is 2. The minimum Gasteiger partial charge on any atom is -0.325 e. The molecule has 2 aromatic heterocycles. The maximum atomic E-state index is 11.0. The van der Waals surface area contributed by atoms with Crippen molar-refractivity contribution in [2.24, 2.45) is 7.05 Å². The van der Waals surface area contributed by atoms with E-state index in [2.05, 4.69) is 15.7 Å². The van der Waals surface area contributed by atoms with Crippen LogP contribution in [0.4, 0.5) is 5.69 Å². The monoisotopic (exact) mass is 264 g/mol. The SMILES string of the molecule is CC(=O)Nc1ccsc1CNCc1cnn(C)c1. The average molecular weight is 264 g/mol. The van der Waals surface area contributed by atoms with Crippen LogP contribution in [0, 0.1) is 0 Å². The van der Waals surface area contributed by atoms with E-state index in [9.17, 15) is 4.79 Å². The molecule has 6 heteroatoms. The average Bonchev–Trinajstić information content (AvgIpc) is 2.88. The second-order valence-electron chi connectivity index (χ2n) is 4.06. The number of nitrogens with one attached hydrogen (secondary N) is 2. The maximum Gasteiger partial charge on any atom is 0.221 e. The van der Waals surface area contributed by atoms with Crippen molar-refractivity contribution < 1.29 is 4.79 Å². The van der Waals surface area contributed by atoms with Gasteiger partial charge >= 0.3 is 0 Å². The maximum absolute atomic E-state index is 11.0. The number of aryl methyl sites for hydroxylation is 1. The molecule has 0 aromatic carbocycles. The zero-order valence-corrected chi connectivity index (χ0v) is 11.3. The van der Waals surface area contributed by atoms with Gasteiger partial charge in [-0.1, -0.05) is 0 Å². The van der Waals surface area contributed by atoms with Crippen molar-refractivity contribution in [2.75, 3.05) is 5.32 Å². The van der Waals surface area contributed by atoms with E-state index < -0.39 is 0 Å². The molecule has 0 saturated carbocycles. The first-order chi connectivity index (χ1) is 8.65. The number of thiophene rings is 1. The van der Waals surface area contributed by atoms with E-state index >= 15 is 0 Å². The molecule has 0 aliphatic rings. The highest BCUT2D eigenvalue weighted by molar-refractivity contribution is 7.10. The van der Waals surface area contributed by atoms with Gasteiger partial charge in [-0.15, -0.1) is 11.3 Å². The van der Waals surface area contributed by atoms with Gasteiger partial charge in [0, 0.05) is 43.7 Å². The Labute approximate surface area is 110 Å². The molecule has 0 atom stereocenters. The molecule has 5 nitrogen and oxygen atoms in total. The van der Waals surface area contributed by atoms with Gasteiger partial charge in [0.1, 0.15) is 0 Å². The fourth-order valence-electron chi connectivity index (χ4n) is 1.66. The van der Waals surface area contributed by atoms with E-state index in [-0.39, 0.29) is 5.91 Å². The summed E-state index contributed by atoms with van der Waals surface area (Å²) in [5.74, 6) is -0.0399. The molecule has 96 valence electrons. The first-order valence-corrected chi connectivity index (χ1v) is 6.55. The van der Waals surface area contributed by atoms with Crippen LogP contribution < -0.4 is 10.6 Å². The molecule has 2 rings (SSSR count). The summed E-state index contributed by atoms with van der Waals surface area (Å²) in [5, 5.41) is 12.2. The summed E-state index contributed by atoms with van der Waals surface area (Å²) < 4.78 is 1.78.